The first-order chi connectivity index (χ1) is 13.6. The second-order valence-electron chi connectivity index (χ2n) is 6.98. The Kier molecular flexibility index (Phi) is 6.90. The van der Waals surface area contributed by atoms with Crippen LogP contribution in [0.25, 0.3) is 0 Å². The van der Waals surface area contributed by atoms with Crippen LogP contribution in [0.1, 0.15) is 17.3 Å². The van der Waals surface area contributed by atoms with Gasteiger partial charge in [-0.1, -0.05) is 24.3 Å². The van der Waals surface area contributed by atoms with Crippen LogP contribution in [0.2, 0.25) is 0 Å². The third-order valence-electron chi connectivity index (χ3n) is 4.96. The summed E-state index contributed by atoms with van der Waals surface area (Å²) >= 11 is 0. The number of Topliss-reactive ketones (excluding diaryl/α,β-unsaturated/α-hetero) is 1. The molecule has 6 nitrogen and oxygen atoms in total. The Hall–Kier alpha value is -2.57. The molecule has 2 aromatic rings. The van der Waals surface area contributed by atoms with E-state index in [1.165, 1.54) is 6.92 Å². The molecule has 150 valence electrons. The summed E-state index contributed by atoms with van der Waals surface area (Å²) in [5.41, 5.74) is 1.65. The first-order valence-electron chi connectivity index (χ1n) is 9.59. The molecule has 28 heavy (non-hydrogen) atoms. The predicted molar refractivity (Wildman–Crippen MR) is 110 cm³/mol. The van der Waals surface area contributed by atoms with Crippen LogP contribution in [-0.2, 0) is 0 Å². The molecule has 0 aromatic heterocycles. The number of hydrogen-bond donors (Lipinski definition) is 1. The summed E-state index contributed by atoms with van der Waals surface area (Å²) in [5.74, 6) is 1.36. The van der Waals surface area contributed by atoms with Crippen molar-refractivity contribution in [2.75, 3.05) is 51.3 Å². The Morgan fingerprint density at radius 1 is 1.04 bits per heavy atom. The van der Waals surface area contributed by atoms with Crippen LogP contribution in [0, 0.1) is 0 Å². The second kappa shape index (κ2) is 9.57. The van der Waals surface area contributed by atoms with Crippen LogP contribution in [0.15, 0.2) is 48.5 Å². The van der Waals surface area contributed by atoms with Crippen LogP contribution in [0.3, 0.4) is 0 Å². The molecule has 0 spiro atoms. The van der Waals surface area contributed by atoms with Gasteiger partial charge in [0.15, 0.2) is 5.78 Å². The SMILES string of the molecule is COc1ccccc1N1CCN(C[C@H](O)COc2ccccc2C(C)=O)CC1. The molecule has 1 saturated heterocycles. The third-order valence-corrected chi connectivity index (χ3v) is 4.96. The molecule has 0 amide bonds. The number of ether oxygens (including phenoxy) is 2. The van der Waals surface area contributed by atoms with E-state index in [4.69, 9.17) is 9.47 Å². The quantitative estimate of drug-likeness (QED) is 0.706. The summed E-state index contributed by atoms with van der Waals surface area (Å²) in [6.07, 6.45) is -0.613. The Balaban J connectivity index is 1.48. The van der Waals surface area contributed by atoms with Gasteiger partial charge in [-0.15, -0.1) is 0 Å². The van der Waals surface area contributed by atoms with Crippen molar-refractivity contribution < 1.29 is 19.4 Å². The maximum absolute atomic E-state index is 11.7. The third kappa shape index (κ3) is 5.03. The van der Waals surface area contributed by atoms with Gasteiger partial charge in [0.05, 0.1) is 18.4 Å². The van der Waals surface area contributed by atoms with Gasteiger partial charge in [0, 0.05) is 32.7 Å². The number of nitrogens with zero attached hydrogens (tertiary/aromatic N) is 2. The first kappa shape index (κ1) is 20.2. The highest BCUT2D eigenvalue weighted by Crippen LogP contribution is 2.28. The molecule has 0 saturated carbocycles. The number of ketones is 1. The molecule has 0 aliphatic carbocycles. The fourth-order valence-electron chi connectivity index (χ4n) is 3.48. The Morgan fingerprint density at radius 2 is 1.68 bits per heavy atom. The van der Waals surface area contributed by atoms with Gasteiger partial charge >= 0.3 is 0 Å². The van der Waals surface area contributed by atoms with E-state index in [0.29, 0.717) is 17.9 Å². The number of benzene rings is 2. The van der Waals surface area contributed by atoms with Crippen LogP contribution in [0.5, 0.6) is 11.5 Å². The van der Waals surface area contributed by atoms with E-state index < -0.39 is 6.10 Å². The summed E-state index contributed by atoms with van der Waals surface area (Å²) < 4.78 is 11.2. The monoisotopic (exact) mass is 384 g/mol. The van der Waals surface area contributed by atoms with Crippen molar-refractivity contribution in [1.29, 1.82) is 0 Å². The van der Waals surface area contributed by atoms with Gasteiger partial charge in [0.1, 0.15) is 24.2 Å². The number of para-hydroxylation sites is 3. The van der Waals surface area contributed by atoms with Crippen molar-refractivity contribution in [3.63, 3.8) is 0 Å². The standard InChI is InChI=1S/C22H28N2O4/c1-17(25)19-7-3-5-9-21(19)28-16-18(26)15-23-11-13-24(14-12-23)20-8-4-6-10-22(20)27-2/h3-10,18,26H,11-16H2,1-2H3/t18-/m0/s1. The molecule has 3 rings (SSSR count). The Labute approximate surface area is 166 Å². The maximum Gasteiger partial charge on any atom is 0.163 e. The topological polar surface area (TPSA) is 62.2 Å². The highest BCUT2D eigenvalue weighted by atomic mass is 16.5. The molecule has 2 aromatic carbocycles. The number of carbonyl (C=O) groups excluding carboxylic acids is 1. The number of anilines is 1. The van der Waals surface area contributed by atoms with Gasteiger partial charge in [-0.25, -0.2) is 0 Å². The molecule has 0 unspecified atom stereocenters. The summed E-state index contributed by atoms with van der Waals surface area (Å²) in [5, 5.41) is 10.4. The van der Waals surface area contributed by atoms with Crippen LogP contribution >= 0.6 is 0 Å². The normalized spacial score (nSPS) is 15.9. The van der Waals surface area contributed by atoms with E-state index in [1.54, 1.807) is 25.3 Å². The fourth-order valence-corrected chi connectivity index (χ4v) is 3.48. The molecule has 1 heterocycles. The van der Waals surface area contributed by atoms with Crippen molar-refractivity contribution in [2.24, 2.45) is 0 Å². The summed E-state index contributed by atoms with van der Waals surface area (Å²) in [6, 6.07) is 15.2. The number of aliphatic hydroxyl groups excluding tert-OH is 1. The largest absolute Gasteiger partial charge is 0.495 e. The van der Waals surface area contributed by atoms with Crippen molar-refractivity contribution in [3.05, 3.63) is 54.1 Å². The van der Waals surface area contributed by atoms with Gasteiger partial charge in [0.2, 0.25) is 0 Å². The fraction of sp³-hybridized carbons (Fsp3) is 0.409. The van der Waals surface area contributed by atoms with Gasteiger partial charge < -0.3 is 19.5 Å². The molecule has 1 atom stereocenters. The van der Waals surface area contributed by atoms with E-state index in [1.807, 2.05) is 24.3 Å². The minimum atomic E-state index is -0.613. The molecule has 1 fully saturated rings. The van der Waals surface area contributed by atoms with Crippen LogP contribution < -0.4 is 14.4 Å². The van der Waals surface area contributed by atoms with E-state index in [0.717, 1.165) is 37.6 Å². The van der Waals surface area contributed by atoms with E-state index in [2.05, 4.69) is 15.9 Å². The number of β-amino-alcohol motifs (C(OH)–C–C–N with tert-alkyl or cyclic N) is 1. The smallest absolute Gasteiger partial charge is 0.163 e. The highest BCUT2D eigenvalue weighted by Gasteiger charge is 2.21. The minimum absolute atomic E-state index is 0.0439. The molecule has 1 aliphatic heterocycles. The lowest BCUT2D eigenvalue weighted by Crippen LogP contribution is -2.49. The molecule has 1 N–H and O–H groups in total. The minimum Gasteiger partial charge on any atom is -0.495 e. The van der Waals surface area contributed by atoms with Crippen molar-refractivity contribution >= 4 is 11.5 Å². The number of rotatable bonds is 8. The highest BCUT2D eigenvalue weighted by molar-refractivity contribution is 5.96. The molecular formula is C22H28N2O4. The van der Waals surface area contributed by atoms with E-state index >= 15 is 0 Å². The van der Waals surface area contributed by atoms with Crippen LogP contribution in [-0.4, -0.2) is 68.3 Å². The number of piperazine rings is 1. The number of hydrogen-bond acceptors (Lipinski definition) is 6. The number of aliphatic hydroxyl groups is 1. The first-order valence-corrected chi connectivity index (χ1v) is 9.59. The van der Waals surface area contributed by atoms with Gasteiger partial charge in [-0.2, -0.15) is 0 Å². The number of carbonyl (C=O) groups is 1. The van der Waals surface area contributed by atoms with Crippen LogP contribution in [0.4, 0.5) is 5.69 Å². The number of methoxy groups -OCH3 is 1. The maximum atomic E-state index is 11.7. The lowest BCUT2D eigenvalue weighted by Gasteiger charge is -2.37. The van der Waals surface area contributed by atoms with E-state index in [9.17, 15) is 9.90 Å². The Morgan fingerprint density at radius 3 is 2.36 bits per heavy atom. The van der Waals surface area contributed by atoms with Crippen molar-refractivity contribution in [1.82, 2.24) is 4.90 Å². The van der Waals surface area contributed by atoms with Gasteiger partial charge in [-0.05, 0) is 31.2 Å². The molecule has 6 heteroatoms. The zero-order valence-corrected chi connectivity index (χ0v) is 16.5. The van der Waals surface area contributed by atoms with Crippen molar-refractivity contribution in [2.45, 2.75) is 13.0 Å². The molecule has 1 aliphatic rings. The zero-order valence-electron chi connectivity index (χ0n) is 16.5. The lowest BCUT2D eigenvalue weighted by atomic mass is 10.1. The average molecular weight is 384 g/mol. The second-order valence-corrected chi connectivity index (χ2v) is 6.98. The zero-order chi connectivity index (χ0) is 19.9. The molecule has 0 radical (unpaired) electrons. The average Bonchev–Trinajstić information content (AvgIpc) is 2.73. The van der Waals surface area contributed by atoms with Crippen molar-refractivity contribution in [3.8, 4) is 11.5 Å². The lowest BCUT2D eigenvalue weighted by molar-refractivity contribution is 0.0656. The predicted octanol–water partition coefficient (Wildman–Crippen LogP) is 2.46. The van der Waals surface area contributed by atoms with Gasteiger partial charge in [0.25, 0.3) is 0 Å². The van der Waals surface area contributed by atoms with E-state index in [-0.39, 0.29) is 12.4 Å². The molecular weight excluding hydrogens is 356 g/mol. The Bertz CT molecular complexity index is 788. The summed E-state index contributed by atoms with van der Waals surface area (Å²) in [6.45, 7) is 5.69. The van der Waals surface area contributed by atoms with Gasteiger partial charge in [-0.3, -0.25) is 9.69 Å². The summed E-state index contributed by atoms with van der Waals surface area (Å²) in [4.78, 5) is 16.2. The summed E-state index contributed by atoms with van der Waals surface area (Å²) in [7, 11) is 1.69. The molecule has 0 bridgehead atoms.